The van der Waals surface area contributed by atoms with Crippen LogP contribution in [0.15, 0.2) is 22.8 Å². The van der Waals surface area contributed by atoms with Crippen LogP contribution in [0.5, 0.6) is 0 Å². The van der Waals surface area contributed by atoms with Crippen molar-refractivity contribution in [2.75, 3.05) is 0 Å². The topological polar surface area (TPSA) is 68.3 Å². The molecule has 2 aromatic rings. The van der Waals surface area contributed by atoms with Crippen LogP contribution in [0.4, 0.5) is 0 Å². The lowest BCUT2D eigenvalue weighted by molar-refractivity contribution is -0.139. The smallest absolute Gasteiger partial charge is 0.312 e. The van der Waals surface area contributed by atoms with Crippen LogP contribution in [0, 0.1) is 0 Å². The first-order chi connectivity index (χ1) is 8.68. The average molecular weight is 246 g/mol. The van der Waals surface area contributed by atoms with E-state index in [1.807, 2.05) is 17.7 Å². The largest absolute Gasteiger partial charge is 0.481 e. The van der Waals surface area contributed by atoms with Gasteiger partial charge in [-0.2, -0.15) is 0 Å². The molecule has 3 rings (SSSR count). The van der Waals surface area contributed by atoms with Crippen molar-refractivity contribution in [2.45, 2.75) is 25.2 Å². The second-order valence-corrected chi connectivity index (χ2v) is 4.59. The predicted octanol–water partition coefficient (Wildman–Crippen LogP) is 2.18. The van der Waals surface area contributed by atoms with E-state index in [1.165, 1.54) is 0 Å². The SMILES string of the molecule is Cn1c(-c2ccco2)nc2c1CCCC2C(=O)O. The predicted molar refractivity (Wildman–Crippen MR) is 64.2 cm³/mol. The number of hydrogen-bond acceptors (Lipinski definition) is 3. The molecule has 1 atom stereocenters. The Hall–Kier alpha value is -2.04. The highest BCUT2D eigenvalue weighted by Crippen LogP contribution is 2.34. The van der Waals surface area contributed by atoms with E-state index in [9.17, 15) is 9.90 Å². The standard InChI is InChI=1S/C13H14N2O3/c1-15-9-5-2-4-8(13(16)17)11(9)14-12(15)10-6-3-7-18-10/h3,6-8H,2,4-5H2,1H3,(H,16,17). The molecule has 0 amide bonds. The van der Waals surface area contributed by atoms with E-state index >= 15 is 0 Å². The minimum absolute atomic E-state index is 0.483. The molecule has 1 aliphatic rings. The van der Waals surface area contributed by atoms with Crippen LogP contribution >= 0.6 is 0 Å². The maximum Gasteiger partial charge on any atom is 0.312 e. The molecule has 0 spiro atoms. The van der Waals surface area contributed by atoms with Crippen LogP contribution in [0.1, 0.15) is 30.1 Å². The third-order valence-corrected chi connectivity index (χ3v) is 3.52. The Morgan fingerprint density at radius 2 is 2.44 bits per heavy atom. The minimum atomic E-state index is -0.792. The molecule has 5 heteroatoms. The van der Waals surface area contributed by atoms with Crippen LogP contribution in [-0.4, -0.2) is 20.6 Å². The maximum atomic E-state index is 11.3. The summed E-state index contributed by atoms with van der Waals surface area (Å²) in [6, 6.07) is 3.64. The van der Waals surface area contributed by atoms with Crippen molar-refractivity contribution in [3.8, 4) is 11.6 Å². The van der Waals surface area contributed by atoms with Crippen LogP contribution < -0.4 is 0 Å². The zero-order chi connectivity index (χ0) is 12.7. The summed E-state index contributed by atoms with van der Waals surface area (Å²) < 4.78 is 7.29. The first kappa shape index (κ1) is 11.1. The van der Waals surface area contributed by atoms with Gasteiger partial charge in [0.25, 0.3) is 0 Å². The van der Waals surface area contributed by atoms with E-state index in [-0.39, 0.29) is 0 Å². The number of carboxylic acids is 1. The Morgan fingerprint density at radius 3 is 3.11 bits per heavy atom. The average Bonchev–Trinajstić information content (AvgIpc) is 2.97. The van der Waals surface area contributed by atoms with Gasteiger partial charge in [-0.15, -0.1) is 0 Å². The van der Waals surface area contributed by atoms with Crippen molar-refractivity contribution in [2.24, 2.45) is 7.05 Å². The summed E-state index contributed by atoms with van der Waals surface area (Å²) in [5.41, 5.74) is 1.71. The number of aliphatic carboxylic acids is 1. The molecule has 1 N–H and O–H groups in total. The fourth-order valence-corrected chi connectivity index (χ4v) is 2.61. The van der Waals surface area contributed by atoms with Crippen molar-refractivity contribution >= 4 is 5.97 Å². The molecule has 0 radical (unpaired) electrons. The summed E-state index contributed by atoms with van der Waals surface area (Å²) in [7, 11) is 1.91. The van der Waals surface area contributed by atoms with Gasteiger partial charge in [-0.05, 0) is 31.4 Å². The number of hydrogen-bond donors (Lipinski definition) is 1. The molecule has 2 heterocycles. The van der Waals surface area contributed by atoms with Crippen molar-refractivity contribution in [3.05, 3.63) is 29.8 Å². The molecule has 0 aliphatic heterocycles. The zero-order valence-electron chi connectivity index (χ0n) is 10.1. The van der Waals surface area contributed by atoms with Gasteiger partial charge in [0.15, 0.2) is 11.6 Å². The summed E-state index contributed by atoms with van der Waals surface area (Å²) >= 11 is 0. The molecule has 94 valence electrons. The Morgan fingerprint density at radius 1 is 1.61 bits per heavy atom. The lowest BCUT2D eigenvalue weighted by Gasteiger charge is -2.18. The fraction of sp³-hybridized carbons (Fsp3) is 0.385. The highest BCUT2D eigenvalue weighted by atomic mass is 16.4. The molecule has 2 aromatic heterocycles. The highest BCUT2D eigenvalue weighted by molar-refractivity contribution is 5.76. The molecule has 1 unspecified atom stereocenters. The number of carboxylic acid groups (broad SMARTS) is 1. The molecule has 0 fully saturated rings. The lowest BCUT2D eigenvalue weighted by atomic mass is 9.90. The van der Waals surface area contributed by atoms with Gasteiger partial charge in [0.2, 0.25) is 0 Å². The molecule has 18 heavy (non-hydrogen) atoms. The molecular formula is C13H14N2O3. The van der Waals surface area contributed by atoms with E-state index in [1.54, 1.807) is 12.3 Å². The Balaban J connectivity index is 2.13. The second-order valence-electron chi connectivity index (χ2n) is 4.59. The number of imidazole rings is 1. The van der Waals surface area contributed by atoms with E-state index < -0.39 is 11.9 Å². The number of aromatic nitrogens is 2. The van der Waals surface area contributed by atoms with Gasteiger partial charge >= 0.3 is 5.97 Å². The minimum Gasteiger partial charge on any atom is -0.481 e. The normalized spacial score (nSPS) is 18.6. The van der Waals surface area contributed by atoms with Gasteiger partial charge in [0, 0.05) is 12.7 Å². The van der Waals surface area contributed by atoms with Crippen LogP contribution in [-0.2, 0) is 18.3 Å². The first-order valence-electron chi connectivity index (χ1n) is 6.00. The van der Waals surface area contributed by atoms with E-state index in [0.717, 1.165) is 18.5 Å². The van der Waals surface area contributed by atoms with Crippen molar-refractivity contribution in [3.63, 3.8) is 0 Å². The summed E-state index contributed by atoms with van der Waals surface area (Å²) in [4.78, 5) is 15.7. The van der Waals surface area contributed by atoms with Crippen LogP contribution in [0.25, 0.3) is 11.6 Å². The quantitative estimate of drug-likeness (QED) is 0.881. The van der Waals surface area contributed by atoms with Gasteiger partial charge in [0.1, 0.15) is 5.92 Å². The molecule has 5 nitrogen and oxygen atoms in total. The van der Waals surface area contributed by atoms with Crippen molar-refractivity contribution in [1.29, 1.82) is 0 Å². The van der Waals surface area contributed by atoms with Crippen LogP contribution in [0.3, 0.4) is 0 Å². The van der Waals surface area contributed by atoms with Crippen LogP contribution in [0.2, 0.25) is 0 Å². The summed E-state index contributed by atoms with van der Waals surface area (Å²) in [6.45, 7) is 0. The number of nitrogens with zero attached hydrogens (tertiary/aromatic N) is 2. The Bertz CT molecular complexity index is 584. The summed E-state index contributed by atoms with van der Waals surface area (Å²) in [5.74, 6) is 0.109. The first-order valence-corrected chi connectivity index (χ1v) is 6.00. The van der Waals surface area contributed by atoms with Gasteiger partial charge < -0.3 is 14.1 Å². The van der Waals surface area contributed by atoms with Crippen molar-refractivity contribution in [1.82, 2.24) is 9.55 Å². The zero-order valence-corrected chi connectivity index (χ0v) is 10.1. The van der Waals surface area contributed by atoms with Gasteiger partial charge in [0.05, 0.1) is 12.0 Å². The number of rotatable bonds is 2. The molecule has 0 bridgehead atoms. The third-order valence-electron chi connectivity index (χ3n) is 3.52. The third kappa shape index (κ3) is 1.54. The second kappa shape index (κ2) is 4.01. The summed E-state index contributed by atoms with van der Waals surface area (Å²) in [6.07, 6.45) is 4.03. The Kier molecular flexibility index (Phi) is 2.47. The monoisotopic (exact) mass is 246 g/mol. The molecule has 0 saturated heterocycles. The number of carbonyl (C=O) groups is 1. The molecule has 0 aromatic carbocycles. The van der Waals surface area contributed by atoms with Crippen molar-refractivity contribution < 1.29 is 14.3 Å². The highest BCUT2D eigenvalue weighted by Gasteiger charge is 2.31. The molecular weight excluding hydrogens is 232 g/mol. The number of furan rings is 1. The number of fused-ring (bicyclic) bond motifs is 1. The van der Waals surface area contributed by atoms with E-state index in [2.05, 4.69) is 4.98 Å². The summed E-state index contributed by atoms with van der Waals surface area (Å²) in [5, 5.41) is 9.24. The Labute approximate surface area is 104 Å². The van der Waals surface area contributed by atoms with E-state index in [4.69, 9.17) is 4.42 Å². The maximum absolute atomic E-state index is 11.3. The van der Waals surface area contributed by atoms with Gasteiger partial charge in [-0.3, -0.25) is 4.79 Å². The van der Waals surface area contributed by atoms with Gasteiger partial charge in [-0.25, -0.2) is 4.98 Å². The van der Waals surface area contributed by atoms with Gasteiger partial charge in [-0.1, -0.05) is 0 Å². The molecule has 1 aliphatic carbocycles. The van der Waals surface area contributed by atoms with E-state index in [0.29, 0.717) is 23.7 Å². The fourth-order valence-electron chi connectivity index (χ4n) is 2.61. The molecule has 0 saturated carbocycles. The lowest BCUT2D eigenvalue weighted by Crippen LogP contribution is -2.18.